The monoisotopic (exact) mass is 333 g/mol. The van der Waals surface area contributed by atoms with Gasteiger partial charge in [-0.1, -0.05) is 23.7 Å². The number of halogens is 1. The number of carbonyl (C=O) groups is 1. The van der Waals surface area contributed by atoms with E-state index >= 15 is 0 Å². The normalized spacial score (nSPS) is 14.9. The molecule has 0 radical (unpaired) electrons. The second-order valence-corrected chi connectivity index (χ2v) is 6.12. The third-order valence-electron chi connectivity index (χ3n) is 4.08. The maximum atomic E-state index is 12.4. The average molecular weight is 334 g/mol. The summed E-state index contributed by atoms with van der Waals surface area (Å²) in [6, 6.07) is 5.49. The summed E-state index contributed by atoms with van der Waals surface area (Å²) < 4.78 is 1.79. The maximum absolute atomic E-state index is 12.4. The molecule has 1 aliphatic heterocycles. The van der Waals surface area contributed by atoms with Gasteiger partial charge in [-0.25, -0.2) is 4.79 Å². The van der Waals surface area contributed by atoms with Crippen LogP contribution in [0.5, 0.6) is 0 Å². The number of hydrogen-bond donors (Lipinski definition) is 1. The standard InChI is InChI=1S/C16H20ClN5O/c1-12-4-3-5-14(17)15(12)19-16(23)22-8-6-21(7-9-22)13-10-18-20(2)11-13/h3-5,10-11H,6-9H2,1-2H3,(H,19,23). The molecule has 3 rings (SSSR count). The topological polar surface area (TPSA) is 53.4 Å². The Hall–Kier alpha value is -2.21. The van der Waals surface area contributed by atoms with Crippen molar-refractivity contribution in [2.24, 2.45) is 7.05 Å². The molecule has 6 nitrogen and oxygen atoms in total. The van der Waals surface area contributed by atoms with E-state index in [0.717, 1.165) is 24.3 Å². The van der Waals surface area contributed by atoms with E-state index in [2.05, 4.69) is 15.3 Å². The van der Waals surface area contributed by atoms with E-state index in [4.69, 9.17) is 11.6 Å². The number of carbonyl (C=O) groups excluding carboxylic acids is 1. The van der Waals surface area contributed by atoms with E-state index in [1.54, 1.807) is 10.7 Å². The zero-order valence-corrected chi connectivity index (χ0v) is 14.0. The third kappa shape index (κ3) is 3.42. The maximum Gasteiger partial charge on any atom is 0.322 e. The van der Waals surface area contributed by atoms with Gasteiger partial charge in [-0.05, 0) is 18.6 Å². The van der Waals surface area contributed by atoms with E-state index < -0.39 is 0 Å². The van der Waals surface area contributed by atoms with Gasteiger partial charge in [0.1, 0.15) is 0 Å². The highest BCUT2D eigenvalue weighted by Gasteiger charge is 2.22. The van der Waals surface area contributed by atoms with E-state index in [0.29, 0.717) is 23.8 Å². The van der Waals surface area contributed by atoms with Crippen molar-refractivity contribution in [1.82, 2.24) is 14.7 Å². The zero-order valence-electron chi connectivity index (χ0n) is 13.3. The number of anilines is 2. The molecule has 1 N–H and O–H groups in total. The summed E-state index contributed by atoms with van der Waals surface area (Å²) in [4.78, 5) is 16.5. The molecule has 2 aromatic rings. The quantitative estimate of drug-likeness (QED) is 0.919. The van der Waals surface area contributed by atoms with Gasteiger partial charge in [0.25, 0.3) is 0 Å². The van der Waals surface area contributed by atoms with Crippen molar-refractivity contribution >= 4 is 29.0 Å². The molecule has 23 heavy (non-hydrogen) atoms. The number of amides is 2. The Morgan fingerprint density at radius 2 is 2.00 bits per heavy atom. The van der Waals surface area contributed by atoms with E-state index in [1.165, 1.54) is 0 Å². The van der Waals surface area contributed by atoms with Crippen molar-refractivity contribution < 1.29 is 4.79 Å². The molecule has 0 aliphatic carbocycles. The third-order valence-corrected chi connectivity index (χ3v) is 4.39. The molecule has 1 saturated heterocycles. The molecule has 2 amide bonds. The molecule has 1 aromatic carbocycles. The minimum absolute atomic E-state index is 0.105. The van der Waals surface area contributed by atoms with Crippen LogP contribution in [-0.2, 0) is 7.05 Å². The second-order valence-electron chi connectivity index (χ2n) is 5.71. The molecule has 0 saturated carbocycles. The smallest absolute Gasteiger partial charge is 0.322 e. The summed E-state index contributed by atoms with van der Waals surface area (Å²) in [5.74, 6) is 0. The summed E-state index contributed by atoms with van der Waals surface area (Å²) >= 11 is 6.17. The van der Waals surface area contributed by atoms with E-state index in [-0.39, 0.29) is 6.03 Å². The molecular weight excluding hydrogens is 314 g/mol. The van der Waals surface area contributed by atoms with Crippen molar-refractivity contribution in [1.29, 1.82) is 0 Å². The number of nitrogens with zero attached hydrogens (tertiary/aromatic N) is 4. The predicted octanol–water partition coefficient (Wildman–Crippen LogP) is 2.74. The number of hydrogen-bond acceptors (Lipinski definition) is 3. The van der Waals surface area contributed by atoms with Crippen molar-refractivity contribution in [3.8, 4) is 0 Å². The Labute approximate surface area is 140 Å². The molecule has 2 heterocycles. The van der Waals surface area contributed by atoms with E-state index in [9.17, 15) is 4.79 Å². The van der Waals surface area contributed by atoms with Crippen LogP contribution in [0.25, 0.3) is 0 Å². The fourth-order valence-corrected chi connectivity index (χ4v) is 2.98. The molecule has 1 aromatic heterocycles. The number of urea groups is 1. The SMILES string of the molecule is Cc1cccc(Cl)c1NC(=O)N1CCN(c2cnn(C)c2)CC1. The Kier molecular flexibility index (Phi) is 4.43. The van der Waals surface area contributed by atoms with Crippen LogP contribution in [0.1, 0.15) is 5.56 Å². The summed E-state index contributed by atoms with van der Waals surface area (Å²) in [6.45, 7) is 4.86. The van der Waals surface area contributed by atoms with Gasteiger partial charge in [-0.15, -0.1) is 0 Å². The highest BCUT2D eigenvalue weighted by Crippen LogP contribution is 2.25. The van der Waals surface area contributed by atoms with Crippen LogP contribution in [-0.4, -0.2) is 46.9 Å². The number of nitrogens with one attached hydrogen (secondary N) is 1. The first kappa shape index (κ1) is 15.7. The number of rotatable bonds is 2. The molecule has 0 atom stereocenters. The first-order chi connectivity index (χ1) is 11.0. The Bertz CT molecular complexity index is 686. The summed E-state index contributed by atoms with van der Waals surface area (Å²) in [7, 11) is 1.90. The fraction of sp³-hybridized carbons (Fsp3) is 0.375. The summed E-state index contributed by atoms with van der Waals surface area (Å²) in [6.07, 6.45) is 3.84. The second kappa shape index (κ2) is 6.50. The molecule has 0 bridgehead atoms. The number of aromatic nitrogens is 2. The lowest BCUT2D eigenvalue weighted by atomic mass is 10.2. The van der Waals surface area contributed by atoms with Crippen LogP contribution in [0, 0.1) is 6.92 Å². The zero-order chi connectivity index (χ0) is 16.4. The van der Waals surface area contributed by atoms with Gasteiger partial charge < -0.3 is 15.1 Å². The van der Waals surface area contributed by atoms with Gasteiger partial charge in [-0.2, -0.15) is 5.10 Å². The largest absolute Gasteiger partial charge is 0.365 e. The summed E-state index contributed by atoms with van der Waals surface area (Å²) in [5.41, 5.74) is 2.74. The van der Waals surface area contributed by atoms with Crippen molar-refractivity contribution in [3.63, 3.8) is 0 Å². The van der Waals surface area contributed by atoms with Crippen molar-refractivity contribution in [2.75, 3.05) is 36.4 Å². The van der Waals surface area contributed by atoms with E-state index in [1.807, 2.05) is 43.4 Å². The minimum Gasteiger partial charge on any atom is -0.365 e. The van der Waals surface area contributed by atoms with Crippen LogP contribution in [0.15, 0.2) is 30.6 Å². The Balaban J connectivity index is 1.60. The Morgan fingerprint density at radius 3 is 2.61 bits per heavy atom. The molecule has 7 heteroatoms. The Morgan fingerprint density at radius 1 is 1.26 bits per heavy atom. The van der Waals surface area contributed by atoms with Gasteiger partial charge in [0.15, 0.2) is 0 Å². The predicted molar refractivity (Wildman–Crippen MR) is 92.2 cm³/mol. The van der Waals surface area contributed by atoms with Crippen LogP contribution in [0.4, 0.5) is 16.2 Å². The fourth-order valence-electron chi connectivity index (χ4n) is 2.72. The number of para-hydroxylation sites is 1. The van der Waals surface area contributed by atoms with Crippen molar-refractivity contribution in [2.45, 2.75) is 6.92 Å². The first-order valence-electron chi connectivity index (χ1n) is 7.59. The van der Waals surface area contributed by atoms with Crippen LogP contribution >= 0.6 is 11.6 Å². The van der Waals surface area contributed by atoms with Crippen LogP contribution < -0.4 is 10.2 Å². The first-order valence-corrected chi connectivity index (χ1v) is 7.97. The van der Waals surface area contributed by atoms with Gasteiger partial charge in [0.05, 0.1) is 22.6 Å². The molecule has 122 valence electrons. The minimum atomic E-state index is -0.105. The molecular formula is C16H20ClN5O. The van der Waals surface area contributed by atoms with Crippen molar-refractivity contribution in [3.05, 3.63) is 41.2 Å². The van der Waals surface area contributed by atoms with Crippen LogP contribution in [0.3, 0.4) is 0 Å². The number of aryl methyl sites for hydroxylation is 2. The van der Waals surface area contributed by atoms with Crippen LogP contribution in [0.2, 0.25) is 5.02 Å². The van der Waals surface area contributed by atoms with Gasteiger partial charge >= 0.3 is 6.03 Å². The lowest BCUT2D eigenvalue weighted by molar-refractivity contribution is 0.208. The molecule has 0 unspecified atom stereocenters. The molecule has 0 spiro atoms. The highest BCUT2D eigenvalue weighted by atomic mass is 35.5. The lowest BCUT2D eigenvalue weighted by Crippen LogP contribution is -2.50. The molecule has 1 fully saturated rings. The number of benzene rings is 1. The van der Waals surface area contributed by atoms with Gasteiger partial charge in [0, 0.05) is 39.4 Å². The average Bonchev–Trinajstić information content (AvgIpc) is 2.97. The molecule has 1 aliphatic rings. The highest BCUT2D eigenvalue weighted by molar-refractivity contribution is 6.33. The van der Waals surface area contributed by atoms with Gasteiger partial charge in [-0.3, -0.25) is 4.68 Å². The lowest BCUT2D eigenvalue weighted by Gasteiger charge is -2.35. The number of piperazine rings is 1. The summed E-state index contributed by atoms with van der Waals surface area (Å²) in [5, 5.41) is 7.68. The van der Waals surface area contributed by atoms with Gasteiger partial charge in [0.2, 0.25) is 0 Å².